The molecule has 30 heavy (non-hydrogen) atoms. The summed E-state index contributed by atoms with van der Waals surface area (Å²) in [6.07, 6.45) is 1.38. The Morgan fingerprint density at radius 3 is 2.97 bits per heavy atom. The highest BCUT2D eigenvalue weighted by atomic mass is 32.2. The van der Waals surface area contributed by atoms with Gasteiger partial charge in [-0.05, 0) is 26.2 Å². The summed E-state index contributed by atoms with van der Waals surface area (Å²) in [5.41, 5.74) is 10.2. The highest BCUT2D eigenvalue weighted by Crippen LogP contribution is 2.35. The van der Waals surface area contributed by atoms with Crippen LogP contribution in [0.15, 0.2) is 11.2 Å². The Labute approximate surface area is 177 Å². The number of aromatic nitrogens is 5. The van der Waals surface area contributed by atoms with Crippen LogP contribution in [0.2, 0.25) is 0 Å². The highest BCUT2D eigenvalue weighted by molar-refractivity contribution is 7.99. The molecule has 4 heterocycles. The molecule has 11 heteroatoms. The Bertz CT molecular complexity index is 1130. The van der Waals surface area contributed by atoms with Crippen LogP contribution in [0, 0.1) is 19.8 Å². The lowest BCUT2D eigenvalue weighted by molar-refractivity contribution is 0.192. The monoisotopic (exact) mass is 429 g/mol. The second kappa shape index (κ2) is 7.98. The summed E-state index contributed by atoms with van der Waals surface area (Å²) < 4.78 is 7.32. The van der Waals surface area contributed by atoms with Gasteiger partial charge in [0, 0.05) is 29.6 Å². The van der Waals surface area contributed by atoms with E-state index in [1.807, 2.05) is 13.8 Å². The molecule has 0 bridgehead atoms. The summed E-state index contributed by atoms with van der Waals surface area (Å²) in [4.78, 5) is 24.3. The quantitative estimate of drug-likeness (QED) is 0.519. The second-order valence-corrected chi connectivity index (χ2v) is 8.31. The molecule has 3 aromatic heterocycles. The molecule has 1 unspecified atom stereocenters. The molecule has 3 aromatic rings. The Balaban J connectivity index is 1.75. The van der Waals surface area contributed by atoms with Crippen molar-refractivity contribution in [2.24, 2.45) is 5.92 Å². The molecule has 0 radical (unpaired) electrons. The topological polar surface area (TPSA) is 141 Å². The van der Waals surface area contributed by atoms with Crippen molar-refractivity contribution in [3.8, 4) is 5.75 Å². The van der Waals surface area contributed by atoms with Gasteiger partial charge < -0.3 is 20.9 Å². The number of aryl methyl sites for hydroxylation is 1. The van der Waals surface area contributed by atoms with Gasteiger partial charge in [0.05, 0.1) is 30.4 Å². The number of methoxy groups -OCH3 is 1. The third kappa shape index (κ3) is 3.72. The lowest BCUT2D eigenvalue weighted by Crippen LogP contribution is -2.29. The Morgan fingerprint density at radius 2 is 2.23 bits per heavy atom. The fourth-order valence-electron chi connectivity index (χ4n) is 3.75. The zero-order chi connectivity index (χ0) is 21.4. The maximum absolute atomic E-state index is 10.9. The van der Waals surface area contributed by atoms with Crippen LogP contribution in [0.1, 0.15) is 22.5 Å². The van der Waals surface area contributed by atoms with Gasteiger partial charge in [-0.2, -0.15) is 10.1 Å². The number of carboxylic acid groups (broad SMARTS) is 1. The number of ether oxygens (including phenoxy) is 1. The van der Waals surface area contributed by atoms with Gasteiger partial charge in [-0.15, -0.1) is 11.8 Å². The molecule has 0 saturated carbocycles. The summed E-state index contributed by atoms with van der Waals surface area (Å²) in [5.74, 6) is 1.80. The van der Waals surface area contributed by atoms with Gasteiger partial charge in [0.25, 0.3) is 0 Å². The van der Waals surface area contributed by atoms with Crippen LogP contribution in [0.5, 0.6) is 5.75 Å². The van der Waals surface area contributed by atoms with Crippen LogP contribution in [0.4, 0.5) is 10.7 Å². The van der Waals surface area contributed by atoms with E-state index in [9.17, 15) is 4.79 Å². The second-order valence-electron chi connectivity index (χ2n) is 7.30. The molecule has 1 amide bonds. The molecule has 0 aliphatic carbocycles. The SMILES string of the molecule is COc1c(C)cnc(Cn2nc3c4c(nc(N)nc42)SCC(CNC(=O)O)C3)c1C. The first kappa shape index (κ1) is 20.2. The molecule has 4 N–H and O–H groups in total. The van der Waals surface area contributed by atoms with Crippen LogP contribution in [0.3, 0.4) is 0 Å². The average molecular weight is 430 g/mol. The predicted molar refractivity (Wildman–Crippen MR) is 113 cm³/mol. The van der Waals surface area contributed by atoms with Crippen molar-refractivity contribution < 1.29 is 14.6 Å². The lowest BCUT2D eigenvalue weighted by Gasteiger charge is -2.14. The molecule has 0 fully saturated rings. The molecule has 0 spiro atoms. The molecule has 158 valence electrons. The molecular formula is C19H23N7O3S. The minimum absolute atomic E-state index is 0.0902. The summed E-state index contributed by atoms with van der Waals surface area (Å²) in [6, 6.07) is 0. The van der Waals surface area contributed by atoms with Crippen LogP contribution in [0.25, 0.3) is 11.0 Å². The van der Waals surface area contributed by atoms with E-state index in [4.69, 9.17) is 20.7 Å². The number of carbonyl (C=O) groups is 1. The first-order chi connectivity index (χ1) is 14.4. The molecule has 1 aliphatic rings. The lowest BCUT2D eigenvalue weighted by atomic mass is 10.0. The van der Waals surface area contributed by atoms with Gasteiger partial charge in [0.1, 0.15) is 10.8 Å². The summed E-state index contributed by atoms with van der Waals surface area (Å²) in [7, 11) is 1.65. The van der Waals surface area contributed by atoms with Gasteiger partial charge in [-0.25, -0.2) is 14.5 Å². The van der Waals surface area contributed by atoms with E-state index < -0.39 is 6.09 Å². The first-order valence-electron chi connectivity index (χ1n) is 9.49. The van der Waals surface area contributed by atoms with Crippen LogP contribution in [-0.4, -0.2) is 55.3 Å². The maximum atomic E-state index is 10.9. The summed E-state index contributed by atoms with van der Waals surface area (Å²) in [5, 5.41) is 17.9. The molecule has 4 rings (SSSR count). The number of amides is 1. The summed E-state index contributed by atoms with van der Waals surface area (Å²) in [6.45, 7) is 4.70. The van der Waals surface area contributed by atoms with Gasteiger partial charge in [-0.1, -0.05) is 0 Å². The number of anilines is 1. The molecule has 10 nitrogen and oxygen atoms in total. The number of hydrogen-bond acceptors (Lipinski definition) is 8. The summed E-state index contributed by atoms with van der Waals surface area (Å²) >= 11 is 1.55. The normalized spacial score (nSPS) is 15.8. The van der Waals surface area contributed by atoms with Crippen molar-refractivity contribution in [3.63, 3.8) is 0 Å². The number of nitrogens with two attached hydrogens (primary N) is 1. The van der Waals surface area contributed by atoms with E-state index in [-0.39, 0.29) is 11.9 Å². The number of pyridine rings is 1. The van der Waals surface area contributed by atoms with Gasteiger partial charge in [0.15, 0.2) is 5.65 Å². The Kier molecular flexibility index (Phi) is 5.37. The highest BCUT2D eigenvalue weighted by Gasteiger charge is 2.26. The number of nitrogens with one attached hydrogen (secondary N) is 1. The third-order valence-corrected chi connectivity index (χ3v) is 6.38. The fraction of sp³-hybridized carbons (Fsp3) is 0.421. The molecule has 0 aromatic carbocycles. The van der Waals surface area contributed by atoms with E-state index in [1.165, 1.54) is 0 Å². The smallest absolute Gasteiger partial charge is 0.404 e. The van der Waals surface area contributed by atoms with Crippen LogP contribution >= 0.6 is 11.8 Å². The van der Waals surface area contributed by atoms with Crippen LogP contribution < -0.4 is 15.8 Å². The van der Waals surface area contributed by atoms with E-state index in [1.54, 1.807) is 29.8 Å². The number of thioether (sulfide) groups is 1. The van der Waals surface area contributed by atoms with Crippen LogP contribution in [-0.2, 0) is 13.0 Å². The Morgan fingerprint density at radius 1 is 1.43 bits per heavy atom. The number of rotatable bonds is 5. The Hall–Kier alpha value is -3.08. The largest absolute Gasteiger partial charge is 0.496 e. The average Bonchev–Trinajstić information content (AvgIpc) is 2.92. The van der Waals surface area contributed by atoms with E-state index in [2.05, 4.69) is 20.3 Å². The fourth-order valence-corrected chi connectivity index (χ4v) is 4.89. The van der Waals surface area contributed by atoms with Gasteiger partial charge in [0.2, 0.25) is 5.95 Å². The van der Waals surface area contributed by atoms with Gasteiger partial charge in [-0.3, -0.25) is 4.98 Å². The third-order valence-electron chi connectivity index (χ3n) is 5.18. The standard InChI is InChI=1S/C19H23N7O3S/c1-9-5-21-13(10(2)15(9)29-3)7-26-16-14-12(25-26)4-11(6-22-19(27)28)8-30-17(14)24-18(20)23-16/h5,11,22H,4,6-8H2,1-3H3,(H,27,28)(H2,20,23,24). The number of hydrogen-bond donors (Lipinski definition) is 3. The van der Waals surface area contributed by atoms with Crippen molar-refractivity contribution in [1.82, 2.24) is 30.0 Å². The zero-order valence-electron chi connectivity index (χ0n) is 17.0. The van der Waals surface area contributed by atoms with Crippen molar-refractivity contribution in [1.29, 1.82) is 0 Å². The number of nitrogen functional groups attached to an aromatic ring is 1. The first-order valence-corrected chi connectivity index (χ1v) is 10.5. The van der Waals surface area contributed by atoms with Crippen molar-refractivity contribution >= 4 is 34.8 Å². The molecule has 1 aliphatic heterocycles. The maximum Gasteiger partial charge on any atom is 0.404 e. The minimum atomic E-state index is -1.03. The molecule has 0 saturated heterocycles. The predicted octanol–water partition coefficient (Wildman–Crippen LogP) is 2.01. The van der Waals surface area contributed by atoms with Gasteiger partial charge >= 0.3 is 6.09 Å². The van der Waals surface area contributed by atoms with Crippen molar-refractivity contribution in [3.05, 3.63) is 28.7 Å². The molecular weight excluding hydrogens is 406 g/mol. The van der Waals surface area contributed by atoms with E-state index >= 15 is 0 Å². The van der Waals surface area contributed by atoms with Crippen molar-refractivity contribution in [2.45, 2.75) is 31.8 Å². The minimum Gasteiger partial charge on any atom is -0.496 e. The van der Waals surface area contributed by atoms with Crippen molar-refractivity contribution in [2.75, 3.05) is 25.1 Å². The number of nitrogens with zero attached hydrogens (tertiary/aromatic N) is 5. The molecule has 1 atom stereocenters. The van der Waals surface area contributed by atoms with E-state index in [0.29, 0.717) is 25.2 Å². The van der Waals surface area contributed by atoms with E-state index in [0.717, 1.165) is 44.4 Å². The zero-order valence-corrected chi connectivity index (χ0v) is 17.8.